The van der Waals surface area contributed by atoms with Crippen molar-refractivity contribution in [3.8, 4) is 0 Å². The van der Waals surface area contributed by atoms with Gasteiger partial charge < -0.3 is 11.5 Å². The maximum absolute atomic E-state index is 6.08. The smallest absolute Gasteiger partial charge is 0.222 e. The predicted octanol–water partition coefficient (Wildman–Crippen LogP) is 1.76. The summed E-state index contributed by atoms with van der Waals surface area (Å²) in [6, 6.07) is 3.70. The molecule has 0 aliphatic heterocycles. The summed E-state index contributed by atoms with van der Waals surface area (Å²) in [6.45, 7) is 1.90. The van der Waals surface area contributed by atoms with Crippen LogP contribution in [0, 0.1) is 6.92 Å². The standard InChI is InChI=1S/C9H9ClN4/c1-4-2-3-5-6(7(4)10)8(11)14-9(12)13-5/h2-3H,1H3,(H4,11,12,13,14). The van der Waals surface area contributed by atoms with Gasteiger partial charge in [0.2, 0.25) is 5.95 Å². The normalized spacial score (nSPS) is 10.7. The van der Waals surface area contributed by atoms with Crippen molar-refractivity contribution >= 4 is 34.3 Å². The molecule has 0 aliphatic rings. The van der Waals surface area contributed by atoms with Gasteiger partial charge in [0.1, 0.15) is 5.82 Å². The van der Waals surface area contributed by atoms with E-state index in [-0.39, 0.29) is 5.95 Å². The number of hydrogen-bond acceptors (Lipinski definition) is 4. The molecule has 0 bridgehead atoms. The fraction of sp³-hybridized carbons (Fsp3) is 0.111. The van der Waals surface area contributed by atoms with Crippen LogP contribution in [-0.4, -0.2) is 9.97 Å². The lowest BCUT2D eigenvalue weighted by Crippen LogP contribution is -2.01. The molecule has 72 valence electrons. The minimum Gasteiger partial charge on any atom is -0.383 e. The lowest BCUT2D eigenvalue weighted by molar-refractivity contribution is 1.24. The van der Waals surface area contributed by atoms with Gasteiger partial charge in [-0.15, -0.1) is 0 Å². The number of benzene rings is 1. The number of aryl methyl sites for hydroxylation is 1. The summed E-state index contributed by atoms with van der Waals surface area (Å²) in [6.07, 6.45) is 0. The SMILES string of the molecule is Cc1ccc2nc(N)nc(N)c2c1Cl. The number of nitrogens with two attached hydrogens (primary N) is 2. The van der Waals surface area contributed by atoms with Crippen LogP contribution in [0.3, 0.4) is 0 Å². The molecule has 5 heteroatoms. The third kappa shape index (κ3) is 1.24. The zero-order chi connectivity index (χ0) is 10.3. The van der Waals surface area contributed by atoms with Crippen LogP contribution in [0.1, 0.15) is 5.56 Å². The molecule has 0 radical (unpaired) electrons. The molecule has 4 N–H and O–H groups in total. The number of halogens is 1. The van der Waals surface area contributed by atoms with Crippen LogP contribution in [0.15, 0.2) is 12.1 Å². The molecule has 1 aromatic carbocycles. The summed E-state index contributed by atoms with van der Waals surface area (Å²) in [5.41, 5.74) is 12.8. The molecule has 0 unspecified atom stereocenters. The van der Waals surface area contributed by atoms with Crippen molar-refractivity contribution in [1.29, 1.82) is 0 Å². The van der Waals surface area contributed by atoms with E-state index in [4.69, 9.17) is 23.1 Å². The van der Waals surface area contributed by atoms with Gasteiger partial charge in [-0.05, 0) is 18.6 Å². The first-order valence-electron chi connectivity index (χ1n) is 4.07. The van der Waals surface area contributed by atoms with Crippen LogP contribution < -0.4 is 11.5 Å². The van der Waals surface area contributed by atoms with Gasteiger partial charge in [-0.2, -0.15) is 4.98 Å². The first-order valence-corrected chi connectivity index (χ1v) is 4.45. The number of rotatable bonds is 0. The van der Waals surface area contributed by atoms with Gasteiger partial charge in [-0.1, -0.05) is 17.7 Å². The number of nitrogen functional groups attached to an aromatic ring is 2. The first-order chi connectivity index (χ1) is 6.59. The highest BCUT2D eigenvalue weighted by molar-refractivity contribution is 6.37. The summed E-state index contributed by atoms with van der Waals surface area (Å²) in [7, 11) is 0. The Bertz CT molecular complexity index is 510. The summed E-state index contributed by atoms with van der Waals surface area (Å²) >= 11 is 6.08. The van der Waals surface area contributed by atoms with E-state index in [9.17, 15) is 0 Å². The van der Waals surface area contributed by atoms with Gasteiger partial charge in [0.25, 0.3) is 0 Å². The summed E-state index contributed by atoms with van der Waals surface area (Å²) in [5.74, 6) is 0.483. The minimum atomic E-state index is 0.162. The van der Waals surface area contributed by atoms with Gasteiger partial charge in [-0.25, -0.2) is 4.98 Å². The van der Waals surface area contributed by atoms with Crippen LogP contribution in [-0.2, 0) is 0 Å². The van der Waals surface area contributed by atoms with Crippen LogP contribution >= 0.6 is 11.6 Å². The van der Waals surface area contributed by atoms with E-state index in [1.165, 1.54) is 0 Å². The number of nitrogens with zero attached hydrogens (tertiary/aromatic N) is 2. The molecular weight excluding hydrogens is 200 g/mol. The molecule has 2 aromatic rings. The third-order valence-corrected chi connectivity index (χ3v) is 2.53. The van der Waals surface area contributed by atoms with E-state index in [1.807, 2.05) is 19.1 Å². The van der Waals surface area contributed by atoms with Crippen molar-refractivity contribution in [3.63, 3.8) is 0 Å². The molecule has 0 amide bonds. The number of hydrogen-bond donors (Lipinski definition) is 2. The van der Waals surface area contributed by atoms with E-state index in [0.717, 1.165) is 5.56 Å². The second kappa shape index (κ2) is 2.99. The molecule has 14 heavy (non-hydrogen) atoms. The van der Waals surface area contributed by atoms with Crippen molar-refractivity contribution in [2.24, 2.45) is 0 Å². The molecule has 2 rings (SSSR count). The Morgan fingerprint density at radius 2 is 1.93 bits per heavy atom. The molecule has 0 saturated carbocycles. The van der Waals surface area contributed by atoms with Crippen LogP contribution in [0.5, 0.6) is 0 Å². The van der Waals surface area contributed by atoms with E-state index in [2.05, 4.69) is 9.97 Å². The molecule has 0 spiro atoms. The van der Waals surface area contributed by atoms with E-state index >= 15 is 0 Å². The highest BCUT2D eigenvalue weighted by Crippen LogP contribution is 2.29. The molecule has 1 aromatic heterocycles. The number of anilines is 2. The average molecular weight is 209 g/mol. The third-order valence-electron chi connectivity index (χ3n) is 2.04. The predicted molar refractivity (Wildman–Crippen MR) is 58.1 cm³/mol. The van der Waals surface area contributed by atoms with Gasteiger partial charge in [0.15, 0.2) is 0 Å². The molecule has 4 nitrogen and oxygen atoms in total. The largest absolute Gasteiger partial charge is 0.383 e. The Kier molecular flexibility index (Phi) is 1.93. The lowest BCUT2D eigenvalue weighted by Gasteiger charge is -2.05. The molecule has 1 heterocycles. The Hall–Kier alpha value is -1.55. The van der Waals surface area contributed by atoms with Crippen molar-refractivity contribution in [2.45, 2.75) is 6.92 Å². The van der Waals surface area contributed by atoms with Crippen LogP contribution in [0.4, 0.5) is 11.8 Å². The zero-order valence-corrected chi connectivity index (χ0v) is 8.34. The zero-order valence-electron chi connectivity index (χ0n) is 7.58. The Morgan fingerprint density at radius 1 is 1.21 bits per heavy atom. The first kappa shape index (κ1) is 9.02. The highest BCUT2D eigenvalue weighted by Gasteiger charge is 2.08. The molecular formula is C9H9ClN4. The summed E-state index contributed by atoms with van der Waals surface area (Å²) in [5, 5.41) is 1.25. The van der Waals surface area contributed by atoms with Gasteiger partial charge in [0.05, 0.1) is 15.9 Å². The van der Waals surface area contributed by atoms with Gasteiger partial charge in [0, 0.05) is 0 Å². The van der Waals surface area contributed by atoms with Gasteiger partial charge in [-0.3, -0.25) is 0 Å². The maximum atomic E-state index is 6.08. The van der Waals surface area contributed by atoms with Crippen molar-refractivity contribution in [2.75, 3.05) is 11.5 Å². The fourth-order valence-corrected chi connectivity index (χ4v) is 1.59. The van der Waals surface area contributed by atoms with E-state index in [0.29, 0.717) is 21.7 Å². The lowest BCUT2D eigenvalue weighted by atomic mass is 10.1. The monoisotopic (exact) mass is 208 g/mol. The van der Waals surface area contributed by atoms with Crippen molar-refractivity contribution in [1.82, 2.24) is 9.97 Å². The van der Waals surface area contributed by atoms with Crippen molar-refractivity contribution < 1.29 is 0 Å². The summed E-state index contributed by atoms with van der Waals surface area (Å²) in [4.78, 5) is 7.90. The molecule has 0 fully saturated rings. The second-order valence-corrected chi connectivity index (χ2v) is 3.44. The van der Waals surface area contributed by atoms with E-state index < -0.39 is 0 Å². The molecule has 0 atom stereocenters. The second-order valence-electron chi connectivity index (χ2n) is 3.06. The maximum Gasteiger partial charge on any atom is 0.222 e. The average Bonchev–Trinajstić information content (AvgIpc) is 2.10. The van der Waals surface area contributed by atoms with Crippen LogP contribution in [0.2, 0.25) is 5.02 Å². The number of fused-ring (bicyclic) bond motifs is 1. The van der Waals surface area contributed by atoms with Crippen LogP contribution in [0.25, 0.3) is 10.9 Å². The topological polar surface area (TPSA) is 77.8 Å². The molecule has 0 aliphatic carbocycles. The minimum absolute atomic E-state index is 0.162. The number of aromatic nitrogens is 2. The Morgan fingerprint density at radius 3 is 2.64 bits per heavy atom. The Labute approximate surface area is 85.9 Å². The fourth-order valence-electron chi connectivity index (χ4n) is 1.33. The van der Waals surface area contributed by atoms with Crippen molar-refractivity contribution in [3.05, 3.63) is 22.7 Å². The molecule has 0 saturated heterocycles. The van der Waals surface area contributed by atoms with Gasteiger partial charge >= 0.3 is 0 Å². The quantitative estimate of drug-likeness (QED) is 0.692. The Balaban J connectivity index is 2.95. The summed E-state index contributed by atoms with van der Waals surface area (Å²) < 4.78 is 0. The van der Waals surface area contributed by atoms with E-state index in [1.54, 1.807) is 0 Å². The highest BCUT2D eigenvalue weighted by atomic mass is 35.5.